The van der Waals surface area contributed by atoms with Gasteiger partial charge in [-0.1, -0.05) is 54.6 Å². The molecule has 3 rings (SSSR count). The van der Waals surface area contributed by atoms with Gasteiger partial charge in [0.25, 0.3) is 0 Å². The third kappa shape index (κ3) is 2.55. The first-order valence-electron chi connectivity index (χ1n) is 7.24. The van der Waals surface area contributed by atoms with E-state index in [-0.39, 0.29) is 0 Å². The highest BCUT2D eigenvalue weighted by molar-refractivity contribution is 5.89. The molecular formula is C20H19N. The summed E-state index contributed by atoms with van der Waals surface area (Å²) in [5, 5.41) is 1.25. The zero-order valence-electron chi connectivity index (χ0n) is 12.1. The fourth-order valence-electron chi connectivity index (χ4n) is 2.80. The minimum atomic E-state index is 0.870. The number of allylic oxidation sites excluding steroid dienone is 2. The summed E-state index contributed by atoms with van der Waals surface area (Å²) < 4.78 is 0. The fraction of sp³-hybridized carbons (Fsp3) is 0.100. The average molecular weight is 273 g/mol. The molecule has 0 spiro atoms. The lowest BCUT2D eigenvalue weighted by Gasteiger charge is -2.07. The lowest BCUT2D eigenvalue weighted by molar-refractivity contribution is 1.17. The number of H-pyrrole nitrogens is 1. The van der Waals surface area contributed by atoms with Crippen molar-refractivity contribution in [3.05, 3.63) is 85.0 Å². The summed E-state index contributed by atoms with van der Waals surface area (Å²) in [5.41, 5.74) is 6.23. The van der Waals surface area contributed by atoms with Crippen molar-refractivity contribution in [2.75, 3.05) is 0 Å². The Balaban J connectivity index is 2.18. The van der Waals surface area contributed by atoms with Gasteiger partial charge in [0.1, 0.15) is 0 Å². The Morgan fingerprint density at radius 2 is 1.67 bits per heavy atom. The van der Waals surface area contributed by atoms with Crippen LogP contribution in [0.2, 0.25) is 0 Å². The number of hydrogen-bond acceptors (Lipinski definition) is 0. The van der Waals surface area contributed by atoms with E-state index in [1.54, 1.807) is 0 Å². The molecule has 0 fully saturated rings. The number of nitrogens with one attached hydrogen (secondary N) is 1. The van der Waals surface area contributed by atoms with Crippen molar-refractivity contribution in [3.63, 3.8) is 0 Å². The zero-order chi connectivity index (χ0) is 14.7. The second-order valence-corrected chi connectivity index (χ2v) is 5.20. The SMILES string of the molecule is C=CCc1ccc2cc(-c3ccccc3)[nH]c2c1CC=C. The molecule has 0 saturated carbocycles. The predicted octanol–water partition coefficient (Wildman–Crippen LogP) is 5.29. The third-order valence-electron chi connectivity index (χ3n) is 3.80. The highest BCUT2D eigenvalue weighted by atomic mass is 14.7. The molecule has 2 aromatic carbocycles. The highest BCUT2D eigenvalue weighted by Gasteiger charge is 2.09. The molecule has 1 heteroatoms. The van der Waals surface area contributed by atoms with E-state index in [1.807, 2.05) is 18.2 Å². The minimum Gasteiger partial charge on any atom is -0.354 e. The fourth-order valence-corrected chi connectivity index (χ4v) is 2.80. The molecule has 0 aliphatic heterocycles. The van der Waals surface area contributed by atoms with Gasteiger partial charge in [-0.3, -0.25) is 0 Å². The van der Waals surface area contributed by atoms with Crippen LogP contribution in [0, 0.1) is 0 Å². The number of aromatic nitrogens is 1. The van der Waals surface area contributed by atoms with E-state index in [0.29, 0.717) is 0 Å². The number of rotatable bonds is 5. The van der Waals surface area contributed by atoms with Crippen molar-refractivity contribution in [2.45, 2.75) is 12.8 Å². The Hall–Kier alpha value is -2.54. The highest BCUT2D eigenvalue weighted by Crippen LogP contribution is 2.29. The van der Waals surface area contributed by atoms with Crippen LogP contribution in [0.4, 0.5) is 0 Å². The van der Waals surface area contributed by atoms with Gasteiger partial charge in [0, 0.05) is 16.6 Å². The van der Waals surface area contributed by atoms with E-state index in [9.17, 15) is 0 Å². The number of benzene rings is 2. The Bertz CT molecular complexity index is 778. The number of aromatic amines is 1. The molecule has 1 N–H and O–H groups in total. The standard InChI is InChI=1S/C20H19N/c1-3-8-15-12-13-17-14-19(16-10-6-5-7-11-16)21-20(17)18(15)9-4-2/h3-7,10-14,21H,1-2,8-9H2. The van der Waals surface area contributed by atoms with Gasteiger partial charge in [0.05, 0.1) is 0 Å². The first-order valence-corrected chi connectivity index (χ1v) is 7.24. The van der Waals surface area contributed by atoms with Gasteiger partial charge in [0.15, 0.2) is 0 Å². The van der Waals surface area contributed by atoms with Crippen LogP contribution in [0.25, 0.3) is 22.2 Å². The van der Waals surface area contributed by atoms with Gasteiger partial charge in [-0.15, -0.1) is 13.2 Å². The monoisotopic (exact) mass is 273 g/mol. The van der Waals surface area contributed by atoms with Crippen molar-refractivity contribution in [2.24, 2.45) is 0 Å². The topological polar surface area (TPSA) is 15.8 Å². The molecule has 0 aliphatic rings. The third-order valence-corrected chi connectivity index (χ3v) is 3.80. The first kappa shape index (κ1) is 13.4. The van der Waals surface area contributed by atoms with Crippen LogP contribution in [0.15, 0.2) is 73.8 Å². The van der Waals surface area contributed by atoms with E-state index < -0.39 is 0 Å². The largest absolute Gasteiger partial charge is 0.354 e. The normalized spacial score (nSPS) is 10.7. The summed E-state index contributed by atoms with van der Waals surface area (Å²) in [4.78, 5) is 3.58. The molecule has 0 atom stereocenters. The van der Waals surface area contributed by atoms with Crippen LogP contribution in [-0.4, -0.2) is 4.98 Å². The maximum atomic E-state index is 3.89. The van der Waals surface area contributed by atoms with E-state index >= 15 is 0 Å². The summed E-state index contributed by atoms with van der Waals surface area (Å²) in [6.07, 6.45) is 5.67. The van der Waals surface area contributed by atoms with E-state index in [4.69, 9.17) is 0 Å². The van der Waals surface area contributed by atoms with Crippen LogP contribution in [0.1, 0.15) is 11.1 Å². The molecule has 3 aromatic rings. The van der Waals surface area contributed by atoms with Crippen molar-refractivity contribution in [1.82, 2.24) is 4.98 Å². The van der Waals surface area contributed by atoms with Crippen LogP contribution in [0.3, 0.4) is 0 Å². The van der Waals surface area contributed by atoms with Crippen LogP contribution >= 0.6 is 0 Å². The second-order valence-electron chi connectivity index (χ2n) is 5.20. The van der Waals surface area contributed by atoms with Gasteiger partial charge in [0.2, 0.25) is 0 Å². The molecule has 0 saturated heterocycles. The molecule has 0 unspecified atom stereocenters. The molecule has 1 heterocycles. The summed E-state index contributed by atoms with van der Waals surface area (Å²) in [6, 6.07) is 17.0. The molecule has 0 aliphatic carbocycles. The maximum Gasteiger partial charge on any atom is 0.0497 e. The molecular weight excluding hydrogens is 254 g/mol. The average Bonchev–Trinajstić information content (AvgIpc) is 2.95. The Labute approximate surface area is 125 Å². The van der Waals surface area contributed by atoms with E-state index in [1.165, 1.54) is 27.6 Å². The molecule has 21 heavy (non-hydrogen) atoms. The molecule has 0 radical (unpaired) electrons. The quantitative estimate of drug-likeness (QED) is 0.608. The minimum absolute atomic E-state index is 0.870. The first-order chi connectivity index (χ1) is 10.3. The van der Waals surface area contributed by atoms with Crippen LogP contribution in [-0.2, 0) is 12.8 Å². The van der Waals surface area contributed by atoms with Crippen molar-refractivity contribution < 1.29 is 0 Å². The van der Waals surface area contributed by atoms with Gasteiger partial charge in [-0.25, -0.2) is 0 Å². The summed E-state index contributed by atoms with van der Waals surface area (Å²) >= 11 is 0. The Kier molecular flexibility index (Phi) is 3.74. The Morgan fingerprint density at radius 3 is 2.38 bits per heavy atom. The van der Waals surface area contributed by atoms with Crippen LogP contribution in [0.5, 0.6) is 0 Å². The summed E-state index contributed by atoms with van der Waals surface area (Å²) in [5.74, 6) is 0. The van der Waals surface area contributed by atoms with E-state index in [0.717, 1.165) is 18.5 Å². The lowest BCUT2D eigenvalue weighted by Crippen LogP contribution is -1.93. The maximum absolute atomic E-state index is 3.89. The molecule has 0 amide bonds. The summed E-state index contributed by atoms with van der Waals surface area (Å²) in [6.45, 7) is 7.74. The van der Waals surface area contributed by atoms with Crippen molar-refractivity contribution in [1.29, 1.82) is 0 Å². The smallest absolute Gasteiger partial charge is 0.0497 e. The van der Waals surface area contributed by atoms with Gasteiger partial charge in [-0.2, -0.15) is 0 Å². The molecule has 1 aromatic heterocycles. The Morgan fingerprint density at radius 1 is 0.905 bits per heavy atom. The van der Waals surface area contributed by atoms with Gasteiger partial charge < -0.3 is 4.98 Å². The molecule has 1 nitrogen and oxygen atoms in total. The molecule has 0 bridgehead atoms. The number of hydrogen-bond donors (Lipinski definition) is 1. The predicted molar refractivity (Wildman–Crippen MR) is 91.5 cm³/mol. The van der Waals surface area contributed by atoms with Crippen molar-refractivity contribution in [3.8, 4) is 11.3 Å². The summed E-state index contributed by atoms with van der Waals surface area (Å²) in [7, 11) is 0. The van der Waals surface area contributed by atoms with Gasteiger partial charge in [-0.05, 0) is 35.6 Å². The van der Waals surface area contributed by atoms with Crippen molar-refractivity contribution >= 4 is 10.9 Å². The molecule has 104 valence electrons. The zero-order valence-corrected chi connectivity index (χ0v) is 12.1. The lowest BCUT2D eigenvalue weighted by atomic mass is 9.99. The van der Waals surface area contributed by atoms with E-state index in [2.05, 4.69) is 60.6 Å². The number of fused-ring (bicyclic) bond motifs is 1. The second kappa shape index (κ2) is 5.84. The van der Waals surface area contributed by atoms with Gasteiger partial charge >= 0.3 is 0 Å². The van der Waals surface area contributed by atoms with Crippen LogP contribution < -0.4 is 0 Å².